The Morgan fingerprint density at radius 1 is 1.21 bits per heavy atom. The minimum Gasteiger partial charge on any atom is -0.311 e. The van der Waals surface area contributed by atoms with Crippen molar-refractivity contribution in [3.05, 3.63) is 65.2 Å². The summed E-state index contributed by atoms with van der Waals surface area (Å²) >= 11 is 0. The molecule has 0 fully saturated rings. The van der Waals surface area contributed by atoms with E-state index in [4.69, 9.17) is 0 Å². The molecule has 0 aliphatic heterocycles. The van der Waals surface area contributed by atoms with Crippen LogP contribution in [0.1, 0.15) is 17.0 Å². The minimum absolute atomic E-state index is 0.250. The Hall–Kier alpha value is -2.54. The Balaban J connectivity index is 1.72. The third-order valence-electron chi connectivity index (χ3n) is 3.96. The topological polar surface area (TPSA) is 47.7 Å². The molecule has 126 valence electrons. The number of benzene rings is 1. The average Bonchev–Trinajstić information content (AvgIpc) is 3.14. The molecular weight excluding hydrogens is 312 g/mol. The predicted molar refractivity (Wildman–Crippen MR) is 86.9 cm³/mol. The van der Waals surface area contributed by atoms with Gasteiger partial charge in [0, 0.05) is 42.8 Å². The summed E-state index contributed by atoms with van der Waals surface area (Å²) in [6, 6.07) is 5.39. The zero-order valence-corrected chi connectivity index (χ0v) is 13.6. The normalized spacial score (nSPS) is 11.2. The van der Waals surface area contributed by atoms with E-state index in [1.54, 1.807) is 6.20 Å². The van der Waals surface area contributed by atoms with E-state index < -0.39 is 11.6 Å². The molecule has 0 atom stereocenters. The molecule has 0 radical (unpaired) electrons. The van der Waals surface area contributed by atoms with Gasteiger partial charge in [0.15, 0.2) is 5.82 Å². The molecule has 24 heavy (non-hydrogen) atoms. The van der Waals surface area contributed by atoms with E-state index >= 15 is 0 Å². The lowest BCUT2D eigenvalue weighted by atomic mass is 10.2. The van der Waals surface area contributed by atoms with Gasteiger partial charge >= 0.3 is 0 Å². The minimum atomic E-state index is -0.626. The molecule has 7 heteroatoms. The first-order chi connectivity index (χ1) is 11.6. The highest BCUT2D eigenvalue weighted by molar-refractivity contribution is 5.38. The summed E-state index contributed by atoms with van der Waals surface area (Å²) in [6.07, 6.45) is 3.66. The van der Waals surface area contributed by atoms with Gasteiger partial charge in [0.1, 0.15) is 11.5 Å². The Bertz CT molecular complexity index is 824. The lowest BCUT2D eigenvalue weighted by molar-refractivity contribution is 0.553. The third kappa shape index (κ3) is 3.35. The van der Waals surface area contributed by atoms with Crippen LogP contribution < -0.4 is 5.32 Å². The third-order valence-corrected chi connectivity index (χ3v) is 3.96. The van der Waals surface area contributed by atoms with Crippen molar-refractivity contribution in [1.29, 1.82) is 0 Å². The van der Waals surface area contributed by atoms with Crippen LogP contribution in [0.5, 0.6) is 0 Å². The highest BCUT2D eigenvalue weighted by atomic mass is 19.1. The van der Waals surface area contributed by atoms with Crippen molar-refractivity contribution in [1.82, 2.24) is 24.9 Å². The second-order valence-corrected chi connectivity index (χ2v) is 5.60. The van der Waals surface area contributed by atoms with Crippen molar-refractivity contribution in [2.24, 2.45) is 0 Å². The van der Waals surface area contributed by atoms with E-state index in [1.807, 2.05) is 30.8 Å². The number of hydrogen-bond acceptors (Lipinski definition) is 3. The zero-order valence-electron chi connectivity index (χ0n) is 13.6. The number of aromatic nitrogens is 4. The van der Waals surface area contributed by atoms with Gasteiger partial charge in [0.2, 0.25) is 0 Å². The van der Waals surface area contributed by atoms with Gasteiger partial charge in [-0.25, -0.2) is 13.5 Å². The quantitative estimate of drug-likeness (QED) is 0.707. The smallest absolute Gasteiger partial charge is 0.151 e. The largest absolute Gasteiger partial charge is 0.311 e. The summed E-state index contributed by atoms with van der Waals surface area (Å²) in [5.41, 5.74) is 2.92. The number of hydrogen-bond donors (Lipinski definition) is 1. The van der Waals surface area contributed by atoms with E-state index in [-0.39, 0.29) is 5.69 Å². The summed E-state index contributed by atoms with van der Waals surface area (Å²) in [5, 5.41) is 11.9. The summed E-state index contributed by atoms with van der Waals surface area (Å²) in [5.74, 6) is -1.22. The number of nitrogens with zero attached hydrogens (tertiary/aromatic N) is 4. The monoisotopic (exact) mass is 331 g/mol. The first kappa shape index (κ1) is 16.3. The molecule has 2 heterocycles. The molecule has 0 aliphatic carbocycles. The fraction of sp³-hybridized carbons (Fsp3) is 0.294. The number of halogens is 2. The van der Waals surface area contributed by atoms with Crippen molar-refractivity contribution < 1.29 is 8.78 Å². The highest BCUT2D eigenvalue weighted by Crippen LogP contribution is 2.20. The summed E-state index contributed by atoms with van der Waals surface area (Å²) in [4.78, 5) is 0. The molecule has 1 N–H and O–H groups in total. The maximum Gasteiger partial charge on any atom is 0.151 e. The first-order valence-electron chi connectivity index (χ1n) is 7.75. The Morgan fingerprint density at radius 3 is 2.75 bits per heavy atom. The maximum absolute atomic E-state index is 14.0. The summed E-state index contributed by atoms with van der Waals surface area (Å²) in [6.45, 7) is 5.92. The molecule has 0 saturated carbocycles. The summed E-state index contributed by atoms with van der Waals surface area (Å²) < 4.78 is 30.5. The molecule has 2 aromatic heterocycles. The lowest BCUT2D eigenvalue weighted by Gasteiger charge is -2.08. The highest BCUT2D eigenvalue weighted by Gasteiger charge is 2.15. The number of nitrogens with one attached hydrogen (secondary N) is 1. The molecule has 0 bridgehead atoms. The first-order valence-corrected chi connectivity index (χ1v) is 7.75. The lowest BCUT2D eigenvalue weighted by Crippen LogP contribution is -2.20. The van der Waals surface area contributed by atoms with Gasteiger partial charge in [-0.15, -0.1) is 0 Å². The zero-order chi connectivity index (χ0) is 17.1. The Morgan fingerprint density at radius 2 is 2.04 bits per heavy atom. The van der Waals surface area contributed by atoms with E-state index in [0.717, 1.165) is 36.1 Å². The van der Waals surface area contributed by atoms with Crippen LogP contribution in [0.4, 0.5) is 8.78 Å². The molecule has 0 spiro atoms. The van der Waals surface area contributed by atoms with Crippen molar-refractivity contribution in [3.63, 3.8) is 0 Å². The van der Waals surface area contributed by atoms with Gasteiger partial charge < -0.3 is 5.32 Å². The van der Waals surface area contributed by atoms with Crippen LogP contribution in [0, 0.1) is 25.5 Å². The molecule has 0 aliphatic rings. The van der Waals surface area contributed by atoms with E-state index in [1.165, 1.54) is 16.8 Å². The van der Waals surface area contributed by atoms with Crippen LogP contribution in [0.3, 0.4) is 0 Å². The average molecular weight is 331 g/mol. The molecule has 5 nitrogen and oxygen atoms in total. The molecule has 0 amide bonds. The van der Waals surface area contributed by atoms with E-state index in [9.17, 15) is 8.78 Å². The van der Waals surface area contributed by atoms with Gasteiger partial charge in [0.25, 0.3) is 0 Å². The number of aryl methyl sites for hydroxylation is 1. The van der Waals surface area contributed by atoms with Gasteiger partial charge in [0.05, 0.1) is 12.2 Å². The SMILES string of the molecule is Cc1nn(-c2ccc(F)cc2F)c(C)c1CNCCn1cccn1. The molecule has 1 aromatic carbocycles. The Kier molecular flexibility index (Phi) is 4.71. The maximum atomic E-state index is 14.0. The van der Waals surface area contributed by atoms with E-state index in [2.05, 4.69) is 15.5 Å². The van der Waals surface area contributed by atoms with Gasteiger partial charge in [-0.2, -0.15) is 10.2 Å². The summed E-state index contributed by atoms with van der Waals surface area (Å²) in [7, 11) is 0. The van der Waals surface area contributed by atoms with Crippen LogP contribution >= 0.6 is 0 Å². The van der Waals surface area contributed by atoms with E-state index in [0.29, 0.717) is 6.54 Å². The fourth-order valence-corrected chi connectivity index (χ4v) is 2.66. The van der Waals surface area contributed by atoms with Crippen LogP contribution in [-0.2, 0) is 13.1 Å². The Labute approximate surface area is 138 Å². The standard InChI is InChI=1S/C17H19F2N5/c1-12-15(11-20-7-9-23-8-3-6-21-23)13(2)24(22-12)17-5-4-14(18)10-16(17)19/h3-6,8,10,20H,7,9,11H2,1-2H3. The second-order valence-electron chi connectivity index (χ2n) is 5.60. The van der Waals surface area contributed by atoms with Crippen molar-refractivity contribution in [2.75, 3.05) is 6.54 Å². The van der Waals surface area contributed by atoms with Crippen molar-refractivity contribution in [2.45, 2.75) is 26.9 Å². The van der Waals surface area contributed by atoms with Crippen LogP contribution in [0.15, 0.2) is 36.7 Å². The molecule has 0 saturated heterocycles. The molecule has 0 unspecified atom stereocenters. The van der Waals surface area contributed by atoms with Crippen LogP contribution in [0.2, 0.25) is 0 Å². The fourth-order valence-electron chi connectivity index (χ4n) is 2.66. The van der Waals surface area contributed by atoms with Gasteiger partial charge in [-0.1, -0.05) is 0 Å². The number of rotatable bonds is 6. The predicted octanol–water partition coefficient (Wildman–Crippen LogP) is 2.75. The molecular formula is C17H19F2N5. The van der Waals surface area contributed by atoms with Crippen LogP contribution in [0.25, 0.3) is 5.69 Å². The molecule has 3 rings (SSSR count). The van der Waals surface area contributed by atoms with Crippen LogP contribution in [-0.4, -0.2) is 26.1 Å². The van der Waals surface area contributed by atoms with Gasteiger partial charge in [-0.05, 0) is 32.0 Å². The molecule has 3 aromatic rings. The van der Waals surface area contributed by atoms with Crippen molar-refractivity contribution in [3.8, 4) is 5.69 Å². The second kappa shape index (κ2) is 6.92. The van der Waals surface area contributed by atoms with Gasteiger partial charge in [-0.3, -0.25) is 4.68 Å². The van der Waals surface area contributed by atoms with Crippen molar-refractivity contribution >= 4 is 0 Å².